The monoisotopic (exact) mass is 359 g/mol. The SMILES string of the molecule is Cc1c(CNC(=O)c2ccn(COc3ccc(Cl)cc3)n2)cnn1C. The molecule has 2 aromatic heterocycles. The summed E-state index contributed by atoms with van der Waals surface area (Å²) < 4.78 is 8.91. The lowest BCUT2D eigenvalue weighted by atomic mass is 10.2. The van der Waals surface area contributed by atoms with Crippen molar-refractivity contribution in [2.75, 3.05) is 0 Å². The van der Waals surface area contributed by atoms with Gasteiger partial charge in [0.1, 0.15) is 11.4 Å². The van der Waals surface area contributed by atoms with E-state index in [0.29, 0.717) is 23.0 Å². The molecule has 0 fully saturated rings. The Morgan fingerprint density at radius 2 is 2.04 bits per heavy atom. The van der Waals surface area contributed by atoms with Crippen molar-refractivity contribution < 1.29 is 9.53 Å². The van der Waals surface area contributed by atoms with Crippen molar-refractivity contribution >= 4 is 17.5 Å². The third-order valence-electron chi connectivity index (χ3n) is 3.83. The van der Waals surface area contributed by atoms with Crippen LogP contribution in [-0.4, -0.2) is 25.5 Å². The van der Waals surface area contributed by atoms with Crippen LogP contribution in [0.25, 0.3) is 0 Å². The second-order valence-corrected chi connectivity index (χ2v) is 5.97. The molecule has 1 aromatic carbocycles. The van der Waals surface area contributed by atoms with Crippen LogP contribution in [0.1, 0.15) is 21.7 Å². The van der Waals surface area contributed by atoms with Crippen molar-refractivity contribution in [2.24, 2.45) is 7.05 Å². The average Bonchev–Trinajstić information content (AvgIpc) is 3.21. The minimum atomic E-state index is -0.242. The van der Waals surface area contributed by atoms with E-state index in [2.05, 4.69) is 15.5 Å². The van der Waals surface area contributed by atoms with Crippen molar-refractivity contribution in [2.45, 2.75) is 20.2 Å². The van der Waals surface area contributed by atoms with Gasteiger partial charge >= 0.3 is 0 Å². The number of hydrogen-bond donors (Lipinski definition) is 1. The van der Waals surface area contributed by atoms with Crippen molar-refractivity contribution in [3.05, 3.63) is 64.7 Å². The third kappa shape index (κ3) is 4.19. The Labute approximate surface area is 150 Å². The second-order valence-electron chi connectivity index (χ2n) is 5.53. The Balaban J connectivity index is 1.54. The van der Waals surface area contributed by atoms with Crippen LogP contribution >= 0.6 is 11.6 Å². The molecule has 0 radical (unpaired) electrons. The molecule has 1 amide bonds. The number of ether oxygens (including phenoxy) is 1. The standard InChI is InChI=1S/C17H18ClN5O2/c1-12-13(10-20-22(12)2)9-19-17(24)16-7-8-23(21-16)11-25-15-5-3-14(18)4-6-15/h3-8,10H,9,11H2,1-2H3,(H,19,24). The number of benzene rings is 1. The lowest BCUT2D eigenvalue weighted by molar-refractivity contribution is 0.0944. The Morgan fingerprint density at radius 1 is 1.28 bits per heavy atom. The first-order valence-electron chi connectivity index (χ1n) is 7.70. The van der Waals surface area contributed by atoms with E-state index in [1.165, 1.54) is 0 Å². The number of nitrogens with zero attached hydrogens (tertiary/aromatic N) is 4. The number of carbonyl (C=O) groups is 1. The summed E-state index contributed by atoms with van der Waals surface area (Å²) >= 11 is 5.83. The molecule has 0 aliphatic carbocycles. The van der Waals surface area contributed by atoms with Gasteiger partial charge in [-0.1, -0.05) is 11.6 Å². The normalized spacial score (nSPS) is 10.7. The number of hydrogen-bond acceptors (Lipinski definition) is 4. The highest BCUT2D eigenvalue weighted by molar-refractivity contribution is 6.30. The lowest BCUT2D eigenvalue weighted by Crippen LogP contribution is -2.24. The number of rotatable bonds is 6. The molecule has 2 heterocycles. The summed E-state index contributed by atoms with van der Waals surface area (Å²) in [4.78, 5) is 12.2. The van der Waals surface area contributed by atoms with Crippen LogP contribution in [0.2, 0.25) is 5.02 Å². The fraction of sp³-hybridized carbons (Fsp3) is 0.235. The van der Waals surface area contributed by atoms with Crippen LogP contribution < -0.4 is 10.1 Å². The van der Waals surface area contributed by atoms with Crippen molar-refractivity contribution in [1.82, 2.24) is 24.9 Å². The molecule has 7 nitrogen and oxygen atoms in total. The summed E-state index contributed by atoms with van der Waals surface area (Å²) in [6, 6.07) is 8.70. The molecule has 0 aliphatic rings. The van der Waals surface area contributed by atoms with Gasteiger partial charge in [-0.2, -0.15) is 10.2 Å². The van der Waals surface area contributed by atoms with E-state index in [1.54, 1.807) is 52.1 Å². The van der Waals surface area contributed by atoms with Crippen LogP contribution in [-0.2, 0) is 20.3 Å². The van der Waals surface area contributed by atoms with E-state index >= 15 is 0 Å². The summed E-state index contributed by atoms with van der Waals surface area (Å²) in [5, 5.41) is 11.9. The van der Waals surface area contributed by atoms with E-state index in [9.17, 15) is 4.79 Å². The maximum Gasteiger partial charge on any atom is 0.272 e. The van der Waals surface area contributed by atoms with E-state index in [1.807, 2.05) is 14.0 Å². The number of amides is 1. The molecular weight excluding hydrogens is 342 g/mol. The predicted octanol–water partition coefficient (Wildman–Crippen LogP) is 2.54. The first-order chi connectivity index (χ1) is 12.0. The zero-order valence-electron chi connectivity index (χ0n) is 13.9. The molecule has 0 atom stereocenters. The predicted molar refractivity (Wildman–Crippen MR) is 93.4 cm³/mol. The molecule has 3 rings (SSSR count). The van der Waals surface area contributed by atoms with Gasteiger partial charge in [-0.15, -0.1) is 0 Å². The number of carbonyl (C=O) groups excluding carboxylic acids is 1. The van der Waals surface area contributed by atoms with E-state index in [0.717, 1.165) is 11.3 Å². The molecule has 0 saturated carbocycles. The highest BCUT2D eigenvalue weighted by atomic mass is 35.5. The molecule has 0 aliphatic heterocycles. The third-order valence-corrected chi connectivity index (χ3v) is 4.08. The van der Waals surface area contributed by atoms with E-state index in [-0.39, 0.29) is 12.6 Å². The van der Waals surface area contributed by atoms with Crippen LogP contribution in [0.5, 0.6) is 5.75 Å². The number of aromatic nitrogens is 4. The van der Waals surface area contributed by atoms with Gasteiger partial charge in [-0.05, 0) is 37.3 Å². The molecule has 3 aromatic rings. The van der Waals surface area contributed by atoms with Crippen LogP contribution in [0, 0.1) is 6.92 Å². The highest BCUT2D eigenvalue weighted by Gasteiger charge is 2.11. The Kier molecular flexibility index (Phi) is 5.04. The average molecular weight is 360 g/mol. The van der Waals surface area contributed by atoms with Crippen molar-refractivity contribution in [3.63, 3.8) is 0 Å². The zero-order valence-corrected chi connectivity index (χ0v) is 14.7. The topological polar surface area (TPSA) is 74.0 Å². The molecule has 0 bridgehead atoms. The molecule has 25 heavy (non-hydrogen) atoms. The highest BCUT2D eigenvalue weighted by Crippen LogP contribution is 2.15. The number of aryl methyl sites for hydroxylation is 1. The van der Waals surface area contributed by atoms with Gasteiger partial charge < -0.3 is 10.1 Å². The smallest absolute Gasteiger partial charge is 0.272 e. The van der Waals surface area contributed by atoms with Gasteiger partial charge in [0, 0.05) is 36.1 Å². The van der Waals surface area contributed by atoms with Gasteiger partial charge in [0.25, 0.3) is 5.91 Å². The van der Waals surface area contributed by atoms with Crippen molar-refractivity contribution in [3.8, 4) is 5.75 Å². The lowest BCUT2D eigenvalue weighted by Gasteiger charge is -2.06. The summed E-state index contributed by atoms with van der Waals surface area (Å²) in [5.41, 5.74) is 2.32. The summed E-state index contributed by atoms with van der Waals surface area (Å²) in [7, 11) is 1.86. The Bertz CT molecular complexity index is 870. The van der Waals surface area contributed by atoms with E-state index < -0.39 is 0 Å². The van der Waals surface area contributed by atoms with Gasteiger partial charge in [0.2, 0.25) is 0 Å². The maximum atomic E-state index is 12.2. The minimum Gasteiger partial charge on any atom is -0.471 e. The molecular formula is C17H18ClN5O2. The van der Waals surface area contributed by atoms with E-state index in [4.69, 9.17) is 16.3 Å². The van der Waals surface area contributed by atoms with Gasteiger partial charge in [0.15, 0.2) is 6.73 Å². The van der Waals surface area contributed by atoms with Crippen LogP contribution in [0.4, 0.5) is 0 Å². The molecule has 130 valence electrons. The Morgan fingerprint density at radius 3 is 2.72 bits per heavy atom. The maximum absolute atomic E-state index is 12.2. The zero-order chi connectivity index (χ0) is 17.8. The second kappa shape index (κ2) is 7.40. The first kappa shape index (κ1) is 17.0. The quantitative estimate of drug-likeness (QED) is 0.734. The molecule has 0 unspecified atom stereocenters. The minimum absolute atomic E-state index is 0.205. The first-order valence-corrected chi connectivity index (χ1v) is 8.08. The summed E-state index contributed by atoms with van der Waals surface area (Å²) in [6.07, 6.45) is 3.44. The molecule has 0 spiro atoms. The van der Waals surface area contributed by atoms with Crippen LogP contribution in [0.3, 0.4) is 0 Å². The van der Waals surface area contributed by atoms with Crippen molar-refractivity contribution in [1.29, 1.82) is 0 Å². The molecule has 1 N–H and O–H groups in total. The van der Waals surface area contributed by atoms with Gasteiger partial charge in [-0.3, -0.25) is 9.48 Å². The van der Waals surface area contributed by atoms with Gasteiger partial charge in [0.05, 0.1) is 6.20 Å². The van der Waals surface area contributed by atoms with Gasteiger partial charge in [-0.25, -0.2) is 4.68 Å². The Hall–Kier alpha value is -2.80. The van der Waals surface area contributed by atoms with Crippen LogP contribution in [0.15, 0.2) is 42.7 Å². The fourth-order valence-corrected chi connectivity index (χ4v) is 2.34. The summed E-state index contributed by atoms with van der Waals surface area (Å²) in [5.74, 6) is 0.437. The largest absolute Gasteiger partial charge is 0.471 e. The number of nitrogens with one attached hydrogen (secondary N) is 1. The number of halogens is 1. The fourth-order valence-electron chi connectivity index (χ4n) is 2.21. The molecule has 8 heteroatoms. The summed E-state index contributed by atoms with van der Waals surface area (Å²) in [6.45, 7) is 2.57. The molecule has 0 saturated heterocycles.